The van der Waals surface area contributed by atoms with Crippen LogP contribution in [0.1, 0.15) is 20.7 Å². The number of anilines is 1. The third-order valence-electron chi connectivity index (χ3n) is 3.87. The maximum absolute atomic E-state index is 12.5. The predicted octanol–water partition coefficient (Wildman–Crippen LogP) is 2.13. The summed E-state index contributed by atoms with van der Waals surface area (Å²) >= 11 is 0. The zero-order valence-electron chi connectivity index (χ0n) is 15.1. The molecule has 0 fully saturated rings. The summed E-state index contributed by atoms with van der Waals surface area (Å²) in [5, 5.41) is 17.9. The number of hydrogen-bond acceptors (Lipinski definition) is 6. The topological polar surface area (TPSA) is 123 Å². The van der Waals surface area contributed by atoms with Crippen molar-refractivity contribution < 1.29 is 14.5 Å². The lowest BCUT2D eigenvalue weighted by Gasteiger charge is -2.12. The molecule has 2 aromatic carbocycles. The third-order valence-corrected chi connectivity index (χ3v) is 3.87. The van der Waals surface area contributed by atoms with E-state index in [-0.39, 0.29) is 22.8 Å². The Morgan fingerprint density at radius 2 is 1.93 bits per heavy atom. The van der Waals surface area contributed by atoms with Gasteiger partial charge in [-0.2, -0.15) is 5.10 Å². The van der Waals surface area contributed by atoms with Gasteiger partial charge >= 0.3 is 0 Å². The average Bonchev–Trinajstić information content (AvgIpc) is 3.21. The van der Waals surface area contributed by atoms with Crippen molar-refractivity contribution in [2.45, 2.75) is 0 Å². The summed E-state index contributed by atoms with van der Waals surface area (Å²) in [7, 11) is 3.26. The highest BCUT2D eigenvalue weighted by Gasteiger charge is 2.20. The minimum absolute atomic E-state index is 0.0971. The Kier molecular flexibility index (Phi) is 5.12. The number of carbonyl (C=O) groups is 2. The molecule has 3 aromatic rings. The molecule has 1 aromatic heterocycles. The lowest BCUT2D eigenvalue weighted by Crippen LogP contribution is -2.22. The van der Waals surface area contributed by atoms with Gasteiger partial charge in [0.2, 0.25) is 0 Å². The molecule has 0 aliphatic rings. The van der Waals surface area contributed by atoms with Crippen LogP contribution >= 0.6 is 0 Å². The van der Waals surface area contributed by atoms with Crippen molar-refractivity contribution >= 4 is 23.2 Å². The number of hydrogen-bond donors (Lipinski definition) is 1. The number of rotatable bonds is 5. The van der Waals surface area contributed by atoms with Crippen molar-refractivity contribution in [3.05, 3.63) is 76.4 Å². The number of aromatic nitrogens is 3. The van der Waals surface area contributed by atoms with Crippen LogP contribution < -0.4 is 5.32 Å². The zero-order valence-corrected chi connectivity index (χ0v) is 15.1. The molecule has 0 saturated carbocycles. The van der Waals surface area contributed by atoms with Gasteiger partial charge in [-0.15, -0.1) is 0 Å². The van der Waals surface area contributed by atoms with Crippen molar-refractivity contribution in [3.63, 3.8) is 0 Å². The van der Waals surface area contributed by atoms with Gasteiger partial charge in [-0.25, -0.2) is 9.67 Å². The van der Waals surface area contributed by atoms with E-state index < -0.39 is 10.8 Å². The van der Waals surface area contributed by atoms with E-state index in [2.05, 4.69) is 15.4 Å². The molecule has 3 rings (SSSR count). The van der Waals surface area contributed by atoms with E-state index in [0.717, 1.165) is 0 Å². The molecule has 0 radical (unpaired) electrons. The number of amides is 2. The molecule has 0 saturated heterocycles. The summed E-state index contributed by atoms with van der Waals surface area (Å²) in [6.07, 6.45) is 2.59. The van der Waals surface area contributed by atoms with Crippen molar-refractivity contribution in [2.75, 3.05) is 19.4 Å². The number of nitro groups is 1. The molecule has 0 atom stereocenters. The van der Waals surface area contributed by atoms with Gasteiger partial charge in [-0.3, -0.25) is 19.7 Å². The monoisotopic (exact) mass is 380 g/mol. The first-order chi connectivity index (χ1) is 13.4. The van der Waals surface area contributed by atoms with E-state index in [0.29, 0.717) is 11.3 Å². The molecule has 28 heavy (non-hydrogen) atoms. The van der Waals surface area contributed by atoms with E-state index in [9.17, 15) is 19.7 Å². The lowest BCUT2D eigenvalue weighted by atomic mass is 10.1. The smallest absolute Gasteiger partial charge is 0.295 e. The first-order valence-corrected chi connectivity index (χ1v) is 8.13. The molecule has 1 heterocycles. The van der Waals surface area contributed by atoms with Crippen LogP contribution in [-0.4, -0.2) is 50.5 Å². The molecule has 2 amide bonds. The lowest BCUT2D eigenvalue weighted by molar-refractivity contribution is -0.384. The van der Waals surface area contributed by atoms with Crippen molar-refractivity contribution in [1.82, 2.24) is 19.7 Å². The zero-order chi connectivity index (χ0) is 20.3. The molecule has 10 nitrogen and oxygen atoms in total. The van der Waals surface area contributed by atoms with Gasteiger partial charge in [0.25, 0.3) is 17.5 Å². The van der Waals surface area contributed by atoms with E-state index in [1.165, 1.54) is 40.4 Å². The summed E-state index contributed by atoms with van der Waals surface area (Å²) in [6, 6.07) is 10.5. The molecule has 0 aliphatic carbocycles. The van der Waals surface area contributed by atoms with Crippen LogP contribution in [0.5, 0.6) is 0 Å². The van der Waals surface area contributed by atoms with Gasteiger partial charge in [-0.05, 0) is 30.3 Å². The highest BCUT2D eigenvalue weighted by atomic mass is 16.6. The van der Waals surface area contributed by atoms with E-state index in [4.69, 9.17) is 0 Å². The Morgan fingerprint density at radius 3 is 2.57 bits per heavy atom. The summed E-state index contributed by atoms with van der Waals surface area (Å²) in [5.74, 6) is -0.744. The SMILES string of the molecule is CN(C)C(=O)c1cccc(NC(=O)c2ccc(-n3cncn3)c([N+](=O)[O-])c2)c1. The molecule has 0 aliphatic heterocycles. The summed E-state index contributed by atoms with van der Waals surface area (Å²) in [5.41, 5.74) is 0.822. The highest BCUT2D eigenvalue weighted by molar-refractivity contribution is 6.05. The van der Waals surface area contributed by atoms with Crippen molar-refractivity contribution in [1.29, 1.82) is 0 Å². The molecule has 0 bridgehead atoms. The van der Waals surface area contributed by atoms with Crippen LogP contribution in [0.25, 0.3) is 5.69 Å². The van der Waals surface area contributed by atoms with E-state index in [1.54, 1.807) is 38.4 Å². The summed E-state index contributed by atoms with van der Waals surface area (Å²) in [6.45, 7) is 0. The number of nitro benzene ring substituents is 1. The number of nitrogens with one attached hydrogen (secondary N) is 1. The Hall–Kier alpha value is -4.08. The first-order valence-electron chi connectivity index (χ1n) is 8.13. The summed E-state index contributed by atoms with van der Waals surface area (Å²) < 4.78 is 1.25. The second-order valence-electron chi connectivity index (χ2n) is 6.04. The first kappa shape index (κ1) is 18.7. The largest absolute Gasteiger partial charge is 0.345 e. The fraction of sp³-hybridized carbons (Fsp3) is 0.111. The van der Waals surface area contributed by atoms with Gasteiger partial charge in [0.05, 0.1) is 4.92 Å². The predicted molar refractivity (Wildman–Crippen MR) is 100 cm³/mol. The van der Waals surface area contributed by atoms with Gasteiger partial charge in [0, 0.05) is 37.0 Å². The third kappa shape index (κ3) is 3.85. The normalized spacial score (nSPS) is 10.4. The molecular formula is C18H16N6O4. The Morgan fingerprint density at radius 1 is 1.14 bits per heavy atom. The van der Waals surface area contributed by atoms with Gasteiger partial charge in [0.1, 0.15) is 18.3 Å². The Labute approximate surface area is 159 Å². The maximum atomic E-state index is 12.5. The fourth-order valence-corrected chi connectivity index (χ4v) is 2.53. The van der Waals surface area contributed by atoms with Crippen molar-refractivity contribution in [3.8, 4) is 5.69 Å². The maximum Gasteiger partial charge on any atom is 0.295 e. The molecule has 10 heteroatoms. The second-order valence-corrected chi connectivity index (χ2v) is 6.04. The Bertz CT molecular complexity index is 1050. The minimum atomic E-state index is -0.593. The van der Waals surface area contributed by atoms with Crippen LogP contribution in [0.4, 0.5) is 11.4 Å². The van der Waals surface area contributed by atoms with Crippen molar-refractivity contribution in [2.24, 2.45) is 0 Å². The second kappa shape index (κ2) is 7.66. The van der Waals surface area contributed by atoms with Crippen LogP contribution in [0.2, 0.25) is 0 Å². The standard InChI is InChI=1S/C18H16N6O4/c1-22(2)18(26)13-4-3-5-14(8-13)21-17(25)12-6-7-15(16(9-12)24(27)28)23-11-19-10-20-23/h3-11H,1-2H3,(H,21,25). The molecule has 142 valence electrons. The van der Waals surface area contributed by atoms with Crippen LogP contribution in [-0.2, 0) is 0 Å². The van der Waals surface area contributed by atoms with Gasteiger partial charge in [0.15, 0.2) is 0 Å². The van der Waals surface area contributed by atoms with Crippen LogP contribution in [0, 0.1) is 10.1 Å². The summed E-state index contributed by atoms with van der Waals surface area (Å²) in [4.78, 5) is 40.6. The quantitative estimate of drug-likeness (QED) is 0.534. The number of benzene rings is 2. The molecule has 0 spiro atoms. The van der Waals surface area contributed by atoms with E-state index in [1.807, 2.05) is 0 Å². The van der Waals surface area contributed by atoms with Gasteiger partial charge < -0.3 is 10.2 Å². The number of carbonyl (C=O) groups excluding carboxylic acids is 2. The number of nitrogens with zero attached hydrogens (tertiary/aromatic N) is 5. The van der Waals surface area contributed by atoms with Crippen LogP contribution in [0.15, 0.2) is 55.1 Å². The molecule has 0 unspecified atom stereocenters. The Balaban J connectivity index is 1.87. The molecular weight excluding hydrogens is 364 g/mol. The fourth-order valence-electron chi connectivity index (χ4n) is 2.53. The van der Waals surface area contributed by atoms with Crippen LogP contribution in [0.3, 0.4) is 0 Å². The minimum Gasteiger partial charge on any atom is -0.345 e. The van der Waals surface area contributed by atoms with E-state index >= 15 is 0 Å². The molecule has 1 N–H and O–H groups in total. The highest BCUT2D eigenvalue weighted by Crippen LogP contribution is 2.24. The van der Waals surface area contributed by atoms with Gasteiger partial charge in [-0.1, -0.05) is 6.07 Å². The average molecular weight is 380 g/mol.